The van der Waals surface area contributed by atoms with Crippen molar-refractivity contribution in [1.29, 1.82) is 0 Å². The van der Waals surface area contributed by atoms with Crippen LogP contribution in [0, 0.1) is 5.92 Å². The molecule has 2 atom stereocenters. The molecule has 0 heterocycles. The van der Waals surface area contributed by atoms with Crippen LogP contribution in [0.3, 0.4) is 0 Å². The predicted molar refractivity (Wildman–Crippen MR) is 85.2 cm³/mol. The molecule has 0 aromatic heterocycles. The Morgan fingerprint density at radius 1 is 1.35 bits per heavy atom. The third-order valence-electron chi connectivity index (χ3n) is 4.78. The van der Waals surface area contributed by atoms with E-state index >= 15 is 0 Å². The fourth-order valence-electron chi connectivity index (χ4n) is 3.57. The van der Waals surface area contributed by atoms with E-state index in [1.807, 2.05) is 0 Å². The monoisotopic (exact) mass is 276 g/mol. The fourth-order valence-corrected chi connectivity index (χ4v) is 3.57. The largest absolute Gasteiger partial charge is 0.394 e. The summed E-state index contributed by atoms with van der Waals surface area (Å²) in [5, 5.41) is 13.4. The molecule has 0 spiro atoms. The number of nitrogens with one attached hydrogen (secondary N) is 1. The lowest BCUT2D eigenvalue weighted by Gasteiger charge is -2.36. The van der Waals surface area contributed by atoms with Gasteiger partial charge in [-0.2, -0.15) is 0 Å². The Morgan fingerprint density at radius 3 is 2.75 bits per heavy atom. The number of anilines is 1. The fraction of sp³-hybridized carbons (Fsp3) is 0.647. The lowest BCUT2D eigenvalue weighted by molar-refractivity contribution is 0.122. The zero-order chi connectivity index (χ0) is 14.4. The van der Waals surface area contributed by atoms with Gasteiger partial charge in [0.15, 0.2) is 0 Å². The SMILES string of the molecule is CCNC1(CO)CCCC1CCN(C)c1ccccc1. The minimum atomic E-state index is -0.0354. The molecule has 1 aliphatic rings. The minimum Gasteiger partial charge on any atom is -0.394 e. The van der Waals surface area contributed by atoms with Gasteiger partial charge < -0.3 is 15.3 Å². The molecule has 3 heteroatoms. The van der Waals surface area contributed by atoms with E-state index in [2.05, 4.69) is 54.5 Å². The van der Waals surface area contributed by atoms with Crippen LogP contribution in [0.2, 0.25) is 0 Å². The van der Waals surface area contributed by atoms with Crippen molar-refractivity contribution < 1.29 is 5.11 Å². The predicted octanol–water partition coefficient (Wildman–Crippen LogP) is 2.65. The summed E-state index contributed by atoms with van der Waals surface area (Å²) in [5.41, 5.74) is 1.23. The first-order chi connectivity index (χ1) is 9.72. The van der Waals surface area contributed by atoms with E-state index in [1.54, 1.807) is 0 Å². The van der Waals surface area contributed by atoms with Gasteiger partial charge in [0.25, 0.3) is 0 Å². The van der Waals surface area contributed by atoms with Crippen LogP contribution in [0.1, 0.15) is 32.6 Å². The Balaban J connectivity index is 1.92. The van der Waals surface area contributed by atoms with Crippen molar-refractivity contribution >= 4 is 5.69 Å². The Bertz CT molecular complexity index is 395. The van der Waals surface area contributed by atoms with E-state index in [9.17, 15) is 5.11 Å². The number of hydrogen-bond acceptors (Lipinski definition) is 3. The van der Waals surface area contributed by atoms with Crippen molar-refractivity contribution in [2.45, 2.75) is 38.1 Å². The van der Waals surface area contributed by atoms with Crippen molar-refractivity contribution in [2.75, 3.05) is 31.6 Å². The molecule has 1 fully saturated rings. The molecule has 2 rings (SSSR count). The van der Waals surface area contributed by atoms with Crippen LogP contribution in [-0.2, 0) is 0 Å². The standard InChI is InChI=1S/C17H28N2O/c1-3-18-17(14-20)12-7-8-15(17)11-13-19(2)16-9-5-4-6-10-16/h4-6,9-10,15,18,20H,3,7-8,11-14H2,1-2H3. The molecular weight excluding hydrogens is 248 g/mol. The van der Waals surface area contributed by atoms with Gasteiger partial charge in [0.1, 0.15) is 0 Å². The summed E-state index contributed by atoms with van der Waals surface area (Å²) in [6.07, 6.45) is 4.71. The highest BCUT2D eigenvalue weighted by molar-refractivity contribution is 5.44. The molecule has 0 saturated heterocycles. The van der Waals surface area contributed by atoms with Crippen molar-refractivity contribution in [3.05, 3.63) is 30.3 Å². The molecule has 0 radical (unpaired) electrons. The summed E-state index contributed by atoms with van der Waals surface area (Å²) in [6, 6.07) is 10.5. The van der Waals surface area contributed by atoms with Gasteiger partial charge in [0.05, 0.1) is 6.61 Å². The Kier molecular flexibility index (Phi) is 5.44. The summed E-state index contributed by atoms with van der Waals surface area (Å²) in [7, 11) is 2.15. The van der Waals surface area contributed by atoms with E-state index in [0.717, 1.165) is 25.9 Å². The first-order valence-electron chi connectivity index (χ1n) is 7.84. The third kappa shape index (κ3) is 3.33. The van der Waals surface area contributed by atoms with E-state index < -0.39 is 0 Å². The van der Waals surface area contributed by atoms with Crippen molar-refractivity contribution in [3.63, 3.8) is 0 Å². The van der Waals surface area contributed by atoms with Crippen molar-refractivity contribution in [1.82, 2.24) is 5.32 Å². The molecule has 1 aromatic rings. The second-order valence-electron chi connectivity index (χ2n) is 5.98. The van der Waals surface area contributed by atoms with Crippen molar-refractivity contribution in [3.8, 4) is 0 Å². The minimum absolute atomic E-state index is 0.0354. The highest BCUT2D eigenvalue weighted by atomic mass is 16.3. The lowest BCUT2D eigenvalue weighted by atomic mass is 9.85. The number of nitrogens with zero attached hydrogens (tertiary/aromatic N) is 1. The quantitative estimate of drug-likeness (QED) is 0.803. The van der Waals surface area contributed by atoms with Crippen LogP contribution in [0.4, 0.5) is 5.69 Å². The molecule has 3 nitrogen and oxygen atoms in total. The van der Waals surface area contributed by atoms with E-state index in [0.29, 0.717) is 5.92 Å². The topological polar surface area (TPSA) is 35.5 Å². The molecular formula is C17H28N2O. The maximum atomic E-state index is 9.82. The first-order valence-corrected chi connectivity index (χ1v) is 7.84. The van der Waals surface area contributed by atoms with Gasteiger partial charge in [0, 0.05) is 24.8 Å². The number of likely N-dealkylation sites (N-methyl/N-ethyl adjacent to an activating group) is 1. The Hall–Kier alpha value is -1.06. The normalized spacial score (nSPS) is 25.9. The lowest BCUT2D eigenvalue weighted by Crippen LogP contribution is -2.51. The summed E-state index contributed by atoms with van der Waals surface area (Å²) >= 11 is 0. The second-order valence-corrected chi connectivity index (χ2v) is 5.98. The first kappa shape index (κ1) is 15.3. The van der Waals surface area contributed by atoms with Crippen molar-refractivity contribution in [2.24, 2.45) is 5.92 Å². The summed E-state index contributed by atoms with van der Waals surface area (Å²) in [6.45, 7) is 4.37. The van der Waals surface area contributed by atoms with Crippen LogP contribution in [0.25, 0.3) is 0 Å². The van der Waals surface area contributed by atoms with Crippen LogP contribution in [0.15, 0.2) is 30.3 Å². The summed E-state index contributed by atoms with van der Waals surface area (Å²) in [4.78, 5) is 2.31. The molecule has 1 saturated carbocycles. The zero-order valence-electron chi connectivity index (χ0n) is 12.8. The van der Waals surface area contributed by atoms with Gasteiger partial charge in [-0.1, -0.05) is 31.5 Å². The number of para-hydroxylation sites is 1. The van der Waals surface area contributed by atoms with Gasteiger partial charge in [0.2, 0.25) is 0 Å². The molecule has 20 heavy (non-hydrogen) atoms. The summed E-state index contributed by atoms with van der Waals surface area (Å²) in [5.74, 6) is 0.582. The van der Waals surface area contributed by atoms with E-state index in [1.165, 1.54) is 18.5 Å². The average molecular weight is 276 g/mol. The second kappa shape index (κ2) is 7.09. The highest BCUT2D eigenvalue weighted by Gasteiger charge is 2.41. The number of aliphatic hydroxyl groups excluding tert-OH is 1. The van der Waals surface area contributed by atoms with Gasteiger partial charge in [-0.25, -0.2) is 0 Å². The van der Waals surface area contributed by atoms with Gasteiger partial charge in [-0.3, -0.25) is 0 Å². The third-order valence-corrected chi connectivity index (χ3v) is 4.78. The molecule has 2 N–H and O–H groups in total. The van der Waals surface area contributed by atoms with E-state index in [-0.39, 0.29) is 12.1 Å². The van der Waals surface area contributed by atoms with Gasteiger partial charge in [-0.05, 0) is 43.9 Å². The number of hydrogen-bond donors (Lipinski definition) is 2. The molecule has 1 aromatic carbocycles. The maximum absolute atomic E-state index is 9.82. The van der Waals surface area contributed by atoms with Crippen LogP contribution in [0.5, 0.6) is 0 Å². The molecule has 112 valence electrons. The molecule has 0 aliphatic heterocycles. The summed E-state index contributed by atoms with van der Waals surface area (Å²) < 4.78 is 0. The van der Waals surface area contributed by atoms with Crippen LogP contribution < -0.4 is 10.2 Å². The van der Waals surface area contributed by atoms with Crippen LogP contribution in [-0.4, -0.2) is 37.4 Å². The number of aliphatic hydroxyl groups is 1. The van der Waals surface area contributed by atoms with Crippen LogP contribution >= 0.6 is 0 Å². The number of rotatable bonds is 7. The Labute approximate surface area is 123 Å². The highest BCUT2D eigenvalue weighted by Crippen LogP contribution is 2.37. The molecule has 0 amide bonds. The maximum Gasteiger partial charge on any atom is 0.0616 e. The average Bonchev–Trinajstić information content (AvgIpc) is 2.89. The zero-order valence-corrected chi connectivity index (χ0v) is 12.8. The molecule has 1 aliphatic carbocycles. The van der Waals surface area contributed by atoms with Gasteiger partial charge in [-0.15, -0.1) is 0 Å². The smallest absolute Gasteiger partial charge is 0.0616 e. The Morgan fingerprint density at radius 2 is 2.10 bits per heavy atom. The molecule has 2 unspecified atom stereocenters. The van der Waals surface area contributed by atoms with E-state index in [4.69, 9.17) is 0 Å². The number of benzene rings is 1. The molecule has 0 bridgehead atoms. The van der Waals surface area contributed by atoms with Gasteiger partial charge >= 0.3 is 0 Å².